The fourth-order valence-corrected chi connectivity index (χ4v) is 3.43. The highest BCUT2D eigenvalue weighted by atomic mass is 16.4. The predicted octanol–water partition coefficient (Wildman–Crippen LogP) is -2.05. The largest absolute Gasteiger partial charge is 0.481 e. The summed E-state index contributed by atoms with van der Waals surface area (Å²) < 4.78 is 0. The highest BCUT2D eigenvalue weighted by Crippen LogP contribution is 2.11. The molecule has 13 N–H and O–H groups in total. The number of nitrogens with one attached hydrogen (secondary N) is 3. The van der Waals surface area contributed by atoms with E-state index in [1.165, 1.54) is 0 Å². The molecule has 0 aromatic carbocycles. The summed E-state index contributed by atoms with van der Waals surface area (Å²) in [6.07, 6.45) is 1.63. The first-order chi connectivity index (χ1) is 17.8. The molecule has 0 aliphatic carbocycles. The molecule has 38 heavy (non-hydrogen) atoms. The summed E-state index contributed by atoms with van der Waals surface area (Å²) in [7, 11) is 0. The number of nitrogens with two attached hydrogens (primary N) is 4. The Kier molecular flexibility index (Phi) is 17.0. The van der Waals surface area contributed by atoms with Gasteiger partial charge < -0.3 is 49.1 Å². The third kappa shape index (κ3) is 14.3. The van der Waals surface area contributed by atoms with Crippen LogP contribution in [0.5, 0.6) is 0 Å². The highest BCUT2D eigenvalue weighted by molar-refractivity contribution is 5.94. The lowest BCUT2D eigenvalue weighted by Gasteiger charge is -2.28. The fraction of sp³-hybridized carbons (Fsp3) is 0.739. The van der Waals surface area contributed by atoms with E-state index in [1.54, 1.807) is 13.8 Å². The van der Waals surface area contributed by atoms with Crippen molar-refractivity contribution in [1.29, 1.82) is 0 Å². The van der Waals surface area contributed by atoms with Gasteiger partial charge in [0.05, 0.1) is 6.04 Å². The van der Waals surface area contributed by atoms with Crippen LogP contribution >= 0.6 is 0 Å². The summed E-state index contributed by atoms with van der Waals surface area (Å²) in [6, 6.07) is -4.59. The first kappa shape index (κ1) is 34.5. The second-order valence-corrected chi connectivity index (χ2v) is 9.10. The second kappa shape index (κ2) is 18.7. The zero-order valence-corrected chi connectivity index (χ0v) is 22.2. The van der Waals surface area contributed by atoms with Gasteiger partial charge in [-0.05, 0) is 51.0 Å². The minimum absolute atomic E-state index is 0.0986. The maximum Gasteiger partial charge on any atom is 0.326 e. The average Bonchev–Trinajstić information content (AvgIpc) is 2.85. The molecule has 0 fully saturated rings. The third-order valence-electron chi connectivity index (χ3n) is 5.94. The van der Waals surface area contributed by atoms with Crippen LogP contribution in [0.2, 0.25) is 0 Å². The van der Waals surface area contributed by atoms with Crippen LogP contribution in [0.3, 0.4) is 0 Å². The van der Waals surface area contributed by atoms with Gasteiger partial charge in [-0.3, -0.25) is 24.2 Å². The van der Waals surface area contributed by atoms with Crippen molar-refractivity contribution in [3.05, 3.63) is 0 Å². The fourth-order valence-electron chi connectivity index (χ4n) is 3.43. The number of carbonyl (C=O) groups excluding carboxylic acids is 3. The summed E-state index contributed by atoms with van der Waals surface area (Å²) >= 11 is 0. The molecule has 0 bridgehead atoms. The monoisotopic (exact) mass is 544 g/mol. The molecule has 0 aliphatic heterocycles. The smallest absolute Gasteiger partial charge is 0.326 e. The lowest BCUT2D eigenvalue weighted by atomic mass is 9.96. The van der Waals surface area contributed by atoms with Gasteiger partial charge in [-0.15, -0.1) is 0 Å². The van der Waals surface area contributed by atoms with Crippen molar-refractivity contribution in [3.63, 3.8) is 0 Å². The van der Waals surface area contributed by atoms with Crippen LogP contribution in [0.4, 0.5) is 0 Å². The van der Waals surface area contributed by atoms with E-state index in [4.69, 9.17) is 28.0 Å². The number of carbonyl (C=O) groups is 5. The van der Waals surface area contributed by atoms with Gasteiger partial charge in [0, 0.05) is 13.0 Å². The summed E-state index contributed by atoms with van der Waals surface area (Å²) in [4.78, 5) is 65.2. The third-order valence-corrected chi connectivity index (χ3v) is 5.94. The van der Waals surface area contributed by atoms with Crippen LogP contribution in [-0.2, 0) is 24.0 Å². The van der Waals surface area contributed by atoms with E-state index in [0.29, 0.717) is 32.2 Å². The topological polar surface area (TPSA) is 278 Å². The van der Waals surface area contributed by atoms with Crippen molar-refractivity contribution >= 4 is 35.6 Å². The van der Waals surface area contributed by atoms with Crippen LogP contribution in [0, 0.1) is 5.92 Å². The average molecular weight is 545 g/mol. The molecule has 5 unspecified atom stereocenters. The van der Waals surface area contributed by atoms with E-state index in [1.807, 2.05) is 0 Å². The number of aliphatic imine (C=N–C) groups is 1. The molecular formula is C23H44N8O7. The molecule has 0 rings (SSSR count). The van der Waals surface area contributed by atoms with E-state index in [9.17, 15) is 29.1 Å². The SMILES string of the molecule is CCC(C)C(NC(=O)C(CCC(=O)O)NC(=O)C(N)CCCN=C(N)N)C(=O)NC(CCCCN)C(=O)O. The second-order valence-electron chi connectivity index (χ2n) is 9.10. The zero-order valence-electron chi connectivity index (χ0n) is 22.2. The summed E-state index contributed by atoms with van der Waals surface area (Å²) in [5, 5.41) is 26.0. The van der Waals surface area contributed by atoms with Crippen LogP contribution in [-0.4, -0.2) is 83.1 Å². The van der Waals surface area contributed by atoms with Gasteiger partial charge in [0.15, 0.2) is 5.96 Å². The highest BCUT2D eigenvalue weighted by Gasteiger charge is 2.32. The number of guanidine groups is 1. The van der Waals surface area contributed by atoms with Crippen molar-refractivity contribution in [3.8, 4) is 0 Å². The Morgan fingerprint density at radius 1 is 0.842 bits per heavy atom. The molecule has 15 heteroatoms. The van der Waals surface area contributed by atoms with Gasteiger partial charge in [0.1, 0.15) is 18.1 Å². The number of hydrogen-bond acceptors (Lipinski definition) is 8. The maximum atomic E-state index is 13.1. The Morgan fingerprint density at radius 2 is 1.47 bits per heavy atom. The number of aliphatic carboxylic acids is 2. The Bertz CT molecular complexity index is 820. The number of nitrogens with zero attached hydrogens (tertiary/aromatic N) is 1. The summed E-state index contributed by atoms with van der Waals surface area (Å²) in [5.74, 6) is -5.07. The minimum Gasteiger partial charge on any atom is -0.481 e. The molecule has 0 heterocycles. The Balaban J connectivity index is 5.50. The Labute approximate surface area is 222 Å². The van der Waals surface area contributed by atoms with Crippen LogP contribution in [0.25, 0.3) is 0 Å². The van der Waals surface area contributed by atoms with E-state index >= 15 is 0 Å². The van der Waals surface area contributed by atoms with Gasteiger partial charge >= 0.3 is 11.9 Å². The molecule has 15 nitrogen and oxygen atoms in total. The van der Waals surface area contributed by atoms with E-state index in [0.717, 1.165) is 0 Å². The lowest BCUT2D eigenvalue weighted by molar-refractivity contribution is -0.143. The number of carboxylic acids is 2. The van der Waals surface area contributed by atoms with E-state index in [-0.39, 0.29) is 31.8 Å². The van der Waals surface area contributed by atoms with Crippen LogP contribution in [0.15, 0.2) is 4.99 Å². The Morgan fingerprint density at radius 3 is 2.00 bits per heavy atom. The summed E-state index contributed by atoms with van der Waals surface area (Å²) in [5.41, 5.74) is 21.8. The van der Waals surface area contributed by atoms with E-state index < -0.39 is 66.2 Å². The molecule has 0 aliphatic rings. The number of hydrogen-bond donors (Lipinski definition) is 9. The lowest BCUT2D eigenvalue weighted by Crippen LogP contribution is -2.58. The first-order valence-electron chi connectivity index (χ1n) is 12.7. The maximum absolute atomic E-state index is 13.1. The number of carboxylic acid groups (broad SMARTS) is 2. The molecule has 0 aromatic rings. The standard InChI is InChI=1S/C23H44N8O7/c1-3-13(2)18(21(36)30-16(22(37)38)8-4-5-11-24)31-20(35)15(9-10-17(32)33)29-19(34)14(25)7-6-12-28-23(26)27/h13-16,18H,3-12,24-25H2,1-2H3,(H,29,34)(H,30,36)(H,31,35)(H,32,33)(H,37,38)(H4,26,27,28). The molecule has 0 saturated carbocycles. The van der Waals surface area contributed by atoms with Crippen molar-refractivity contribution in [2.45, 2.75) is 89.4 Å². The number of amides is 3. The molecular weight excluding hydrogens is 500 g/mol. The van der Waals surface area contributed by atoms with Crippen LogP contribution in [0.1, 0.15) is 65.2 Å². The van der Waals surface area contributed by atoms with Crippen LogP contribution < -0.4 is 38.9 Å². The first-order valence-corrected chi connectivity index (χ1v) is 12.7. The molecule has 0 aromatic heterocycles. The summed E-state index contributed by atoms with van der Waals surface area (Å²) in [6.45, 7) is 4.13. The zero-order chi connectivity index (χ0) is 29.3. The van der Waals surface area contributed by atoms with Gasteiger partial charge in [-0.2, -0.15) is 0 Å². The van der Waals surface area contributed by atoms with Crippen molar-refractivity contribution in [2.75, 3.05) is 13.1 Å². The minimum atomic E-state index is -1.29. The number of rotatable bonds is 20. The van der Waals surface area contributed by atoms with Crippen molar-refractivity contribution < 1.29 is 34.2 Å². The molecule has 3 amide bonds. The van der Waals surface area contributed by atoms with Gasteiger partial charge in [-0.25, -0.2) is 4.79 Å². The van der Waals surface area contributed by atoms with Crippen molar-refractivity contribution in [2.24, 2.45) is 33.8 Å². The normalized spacial score (nSPS) is 14.7. The van der Waals surface area contributed by atoms with Crippen molar-refractivity contribution in [1.82, 2.24) is 16.0 Å². The van der Waals surface area contributed by atoms with Gasteiger partial charge in [-0.1, -0.05) is 20.3 Å². The number of unbranched alkanes of at least 4 members (excludes halogenated alkanes) is 1. The molecule has 0 saturated heterocycles. The molecule has 218 valence electrons. The van der Waals surface area contributed by atoms with Gasteiger partial charge in [0.2, 0.25) is 17.7 Å². The molecule has 5 atom stereocenters. The Hall–Kier alpha value is -3.46. The van der Waals surface area contributed by atoms with E-state index in [2.05, 4.69) is 20.9 Å². The quantitative estimate of drug-likeness (QED) is 0.0456. The predicted molar refractivity (Wildman–Crippen MR) is 141 cm³/mol. The molecule has 0 spiro atoms. The van der Waals surface area contributed by atoms with Gasteiger partial charge in [0.25, 0.3) is 0 Å². The molecule has 0 radical (unpaired) electrons.